The summed E-state index contributed by atoms with van der Waals surface area (Å²) >= 11 is 0. The molecule has 2 N–H and O–H groups in total. The maximum atomic E-state index is 10.2. The highest BCUT2D eigenvalue weighted by Gasteiger charge is 2.22. The van der Waals surface area contributed by atoms with E-state index in [1.54, 1.807) is 0 Å². The molecule has 0 bridgehead atoms. The molecule has 0 aliphatic carbocycles. The van der Waals surface area contributed by atoms with Gasteiger partial charge in [0.2, 0.25) is 0 Å². The number of nitrogens with zero attached hydrogens (tertiary/aromatic N) is 1. The molecule has 44 heavy (non-hydrogen) atoms. The van der Waals surface area contributed by atoms with Crippen molar-refractivity contribution >= 4 is 40.4 Å². The molecule has 0 amide bonds. The van der Waals surface area contributed by atoms with E-state index in [4.69, 9.17) is 0 Å². The molecule has 0 saturated heterocycles. The van der Waals surface area contributed by atoms with Crippen LogP contribution in [0.15, 0.2) is 170 Å². The zero-order chi connectivity index (χ0) is 29.9. The Bertz CT molecular complexity index is 2030. The molecule has 7 aromatic rings. The van der Waals surface area contributed by atoms with Gasteiger partial charge in [-0.25, -0.2) is 0 Å². The Morgan fingerprint density at radius 2 is 0.886 bits per heavy atom. The lowest BCUT2D eigenvalue weighted by Crippen LogP contribution is -2.30. The summed E-state index contributed by atoms with van der Waals surface area (Å²) in [7, 11) is -1.57. The molecular weight excluding hydrogens is 537 g/mol. The van der Waals surface area contributed by atoms with Gasteiger partial charge < -0.3 is 14.9 Å². The van der Waals surface area contributed by atoms with Gasteiger partial charge in [-0.2, -0.15) is 0 Å². The van der Waals surface area contributed by atoms with Crippen molar-refractivity contribution in [3.8, 4) is 33.4 Å². The average Bonchev–Trinajstić information content (AvgIpc) is 3.10. The Labute approximate surface area is 258 Å². The van der Waals surface area contributed by atoms with Crippen molar-refractivity contribution in [3.05, 3.63) is 170 Å². The number of benzene rings is 7. The minimum Gasteiger partial charge on any atom is -0.423 e. The second-order valence-corrected chi connectivity index (χ2v) is 10.8. The summed E-state index contributed by atoms with van der Waals surface area (Å²) in [5.41, 5.74) is 10.3. The fourth-order valence-electron chi connectivity index (χ4n) is 5.98. The third kappa shape index (κ3) is 5.29. The molecule has 0 heterocycles. The molecule has 0 aromatic heterocycles. The number of fused-ring (bicyclic) bond motifs is 1. The molecule has 210 valence electrons. The van der Waals surface area contributed by atoms with E-state index < -0.39 is 7.12 Å². The summed E-state index contributed by atoms with van der Waals surface area (Å²) < 4.78 is 0. The molecule has 4 heteroatoms. The van der Waals surface area contributed by atoms with Gasteiger partial charge >= 0.3 is 7.12 Å². The number of rotatable bonds is 7. The van der Waals surface area contributed by atoms with Gasteiger partial charge in [0, 0.05) is 16.8 Å². The first-order valence-electron chi connectivity index (χ1n) is 14.8. The zero-order valence-corrected chi connectivity index (χ0v) is 24.1. The van der Waals surface area contributed by atoms with Crippen LogP contribution in [-0.2, 0) is 0 Å². The maximum Gasteiger partial charge on any atom is 0.489 e. The van der Waals surface area contributed by atoms with E-state index in [1.165, 1.54) is 0 Å². The van der Waals surface area contributed by atoms with Gasteiger partial charge in [0.05, 0.1) is 5.69 Å². The highest BCUT2D eigenvalue weighted by molar-refractivity contribution is 6.62. The van der Waals surface area contributed by atoms with Crippen molar-refractivity contribution in [1.29, 1.82) is 0 Å². The van der Waals surface area contributed by atoms with Gasteiger partial charge in [-0.15, -0.1) is 0 Å². The van der Waals surface area contributed by atoms with Crippen LogP contribution in [-0.4, -0.2) is 17.2 Å². The molecule has 7 aromatic carbocycles. The summed E-state index contributed by atoms with van der Waals surface area (Å²) in [6.07, 6.45) is 0. The third-order valence-corrected chi connectivity index (χ3v) is 8.12. The maximum absolute atomic E-state index is 10.2. The Kier molecular flexibility index (Phi) is 7.52. The van der Waals surface area contributed by atoms with E-state index in [2.05, 4.69) is 120 Å². The lowest BCUT2D eigenvalue weighted by atomic mass is 9.77. The standard InChI is InChI=1S/C40H30BNO2/c43-41(44)39-26-27-40(37-19-11-10-18-36(37)39)42(33-22-20-30(21-23-33)29-12-4-1-5-13-29)34-24-25-35(31-14-6-2-7-15-31)38(28-34)32-16-8-3-9-17-32/h1-28,43-44H. The van der Waals surface area contributed by atoms with Gasteiger partial charge in [0.25, 0.3) is 0 Å². The fourth-order valence-corrected chi connectivity index (χ4v) is 5.98. The lowest BCUT2D eigenvalue weighted by Gasteiger charge is -2.28. The van der Waals surface area contributed by atoms with E-state index in [-0.39, 0.29) is 0 Å². The highest BCUT2D eigenvalue weighted by Crippen LogP contribution is 2.43. The smallest absolute Gasteiger partial charge is 0.423 e. The largest absolute Gasteiger partial charge is 0.489 e. The van der Waals surface area contributed by atoms with Crippen molar-refractivity contribution in [3.63, 3.8) is 0 Å². The minimum atomic E-state index is -1.57. The molecule has 0 atom stereocenters. The van der Waals surface area contributed by atoms with Crippen LogP contribution in [0.3, 0.4) is 0 Å². The average molecular weight is 567 g/mol. The monoisotopic (exact) mass is 567 g/mol. The SMILES string of the molecule is OB(O)c1ccc(N(c2ccc(-c3ccccc3)cc2)c2ccc(-c3ccccc3)c(-c3ccccc3)c2)c2ccccc12. The summed E-state index contributed by atoms with van der Waals surface area (Å²) in [4.78, 5) is 2.26. The van der Waals surface area contributed by atoms with Crippen LogP contribution >= 0.6 is 0 Å². The zero-order valence-electron chi connectivity index (χ0n) is 24.1. The molecule has 0 spiro atoms. The van der Waals surface area contributed by atoms with Crippen molar-refractivity contribution in [1.82, 2.24) is 0 Å². The fraction of sp³-hybridized carbons (Fsp3) is 0. The molecular formula is C40H30BNO2. The first kappa shape index (κ1) is 27.4. The molecule has 0 aliphatic heterocycles. The van der Waals surface area contributed by atoms with Crippen LogP contribution < -0.4 is 10.4 Å². The van der Waals surface area contributed by atoms with Crippen LogP contribution in [0.25, 0.3) is 44.2 Å². The molecule has 0 radical (unpaired) electrons. The predicted octanol–water partition coefficient (Wildman–Crippen LogP) is 8.99. The Hall–Kier alpha value is -5.42. The van der Waals surface area contributed by atoms with Crippen molar-refractivity contribution in [2.45, 2.75) is 0 Å². The highest BCUT2D eigenvalue weighted by atomic mass is 16.4. The van der Waals surface area contributed by atoms with E-state index >= 15 is 0 Å². The second kappa shape index (κ2) is 12.1. The topological polar surface area (TPSA) is 43.7 Å². The van der Waals surface area contributed by atoms with Gasteiger partial charge in [-0.3, -0.25) is 0 Å². The predicted molar refractivity (Wildman–Crippen MR) is 185 cm³/mol. The van der Waals surface area contributed by atoms with E-state index in [1.807, 2.05) is 54.6 Å². The van der Waals surface area contributed by atoms with Crippen LogP contribution in [0.1, 0.15) is 0 Å². The molecule has 0 aliphatic rings. The first-order valence-corrected chi connectivity index (χ1v) is 14.8. The van der Waals surface area contributed by atoms with Crippen molar-refractivity contribution in [2.75, 3.05) is 4.90 Å². The van der Waals surface area contributed by atoms with Crippen LogP contribution in [0.2, 0.25) is 0 Å². The number of hydrogen-bond donors (Lipinski definition) is 2. The number of hydrogen-bond acceptors (Lipinski definition) is 3. The van der Waals surface area contributed by atoms with E-state index in [0.717, 1.165) is 61.2 Å². The minimum absolute atomic E-state index is 0.480. The summed E-state index contributed by atoms with van der Waals surface area (Å²) in [6.45, 7) is 0. The van der Waals surface area contributed by atoms with Gasteiger partial charge in [-0.1, -0.05) is 140 Å². The lowest BCUT2D eigenvalue weighted by molar-refractivity contribution is 0.426. The molecule has 0 fully saturated rings. The third-order valence-electron chi connectivity index (χ3n) is 8.12. The summed E-state index contributed by atoms with van der Waals surface area (Å²) in [5, 5.41) is 22.1. The first-order chi connectivity index (χ1) is 21.7. The van der Waals surface area contributed by atoms with Gasteiger partial charge in [0.1, 0.15) is 0 Å². The number of anilines is 3. The molecule has 0 saturated carbocycles. The van der Waals surface area contributed by atoms with Crippen molar-refractivity contribution in [2.24, 2.45) is 0 Å². The van der Waals surface area contributed by atoms with Gasteiger partial charge in [0.15, 0.2) is 0 Å². The Morgan fingerprint density at radius 1 is 0.386 bits per heavy atom. The van der Waals surface area contributed by atoms with E-state index in [9.17, 15) is 10.0 Å². The molecule has 0 unspecified atom stereocenters. The molecule has 7 rings (SSSR count). The summed E-state index contributed by atoms with van der Waals surface area (Å²) in [5.74, 6) is 0. The van der Waals surface area contributed by atoms with Crippen LogP contribution in [0.5, 0.6) is 0 Å². The molecule has 3 nitrogen and oxygen atoms in total. The quantitative estimate of drug-likeness (QED) is 0.189. The van der Waals surface area contributed by atoms with E-state index in [0.29, 0.717) is 5.46 Å². The summed E-state index contributed by atoms with van der Waals surface area (Å²) in [6, 6.07) is 58.3. The van der Waals surface area contributed by atoms with Crippen LogP contribution in [0, 0.1) is 0 Å². The Balaban J connectivity index is 1.46. The van der Waals surface area contributed by atoms with Gasteiger partial charge in [-0.05, 0) is 74.6 Å². The normalized spacial score (nSPS) is 11.0. The van der Waals surface area contributed by atoms with Crippen LogP contribution in [0.4, 0.5) is 17.1 Å². The van der Waals surface area contributed by atoms with Crippen molar-refractivity contribution < 1.29 is 10.0 Å². The Morgan fingerprint density at radius 3 is 1.50 bits per heavy atom. The second-order valence-electron chi connectivity index (χ2n) is 10.8.